The molecule has 3 aromatic heterocycles. The molecule has 0 fully saturated rings. The second-order valence-electron chi connectivity index (χ2n) is 9.60. The first-order valence-corrected chi connectivity index (χ1v) is 15.9. The van der Waals surface area contributed by atoms with Crippen molar-refractivity contribution in [2.75, 3.05) is 6.61 Å². The van der Waals surface area contributed by atoms with Crippen molar-refractivity contribution in [3.05, 3.63) is 77.4 Å². The Kier molecular flexibility index (Phi) is 7.93. The molecular weight excluding hydrogens is 532 g/mol. The fraction of sp³-hybridized carbons (Fsp3) is 0.320. The number of ether oxygens (including phenoxy) is 1. The molecule has 0 aliphatic heterocycles. The van der Waals surface area contributed by atoms with Gasteiger partial charge in [0, 0.05) is 42.5 Å². The van der Waals surface area contributed by atoms with Crippen molar-refractivity contribution in [1.82, 2.24) is 24.3 Å². The molecular formula is C25H28BrF2N5OSi. The minimum atomic E-state index is -1.71. The van der Waals surface area contributed by atoms with E-state index in [2.05, 4.69) is 50.6 Å². The molecule has 1 atom stereocenters. The lowest BCUT2D eigenvalue weighted by molar-refractivity contribution is 0.0899. The van der Waals surface area contributed by atoms with Crippen LogP contribution in [0.4, 0.5) is 8.78 Å². The predicted molar refractivity (Wildman–Crippen MR) is 140 cm³/mol. The third-order valence-electron chi connectivity index (χ3n) is 5.71. The number of benzene rings is 1. The summed E-state index contributed by atoms with van der Waals surface area (Å²) in [4.78, 5) is 8.96. The molecule has 0 amide bonds. The summed E-state index contributed by atoms with van der Waals surface area (Å²) in [6, 6.07) is 10.3. The molecule has 10 heteroatoms. The van der Waals surface area contributed by atoms with Crippen LogP contribution in [0.1, 0.15) is 18.0 Å². The van der Waals surface area contributed by atoms with E-state index >= 15 is 0 Å². The maximum atomic E-state index is 12.9. The zero-order valence-corrected chi connectivity index (χ0v) is 22.5. The summed E-state index contributed by atoms with van der Waals surface area (Å²) in [5, 5.41) is 5.40. The van der Waals surface area contributed by atoms with Crippen molar-refractivity contribution in [3.8, 4) is 11.3 Å². The van der Waals surface area contributed by atoms with E-state index in [9.17, 15) is 8.78 Å². The van der Waals surface area contributed by atoms with Gasteiger partial charge < -0.3 is 9.30 Å². The van der Waals surface area contributed by atoms with Gasteiger partial charge >= 0.3 is 0 Å². The third kappa shape index (κ3) is 6.50. The summed E-state index contributed by atoms with van der Waals surface area (Å²) in [6.45, 7) is 8.13. The maximum Gasteiger partial charge on any atom is 0.266 e. The van der Waals surface area contributed by atoms with Crippen LogP contribution in [0.15, 0.2) is 71.9 Å². The number of allylic oxidation sites excluding steroid dienone is 1. The average Bonchev–Trinajstić information content (AvgIpc) is 3.44. The van der Waals surface area contributed by atoms with Crippen LogP contribution in [0.25, 0.3) is 22.3 Å². The first-order chi connectivity index (χ1) is 16.7. The molecule has 4 aromatic rings. The summed E-state index contributed by atoms with van der Waals surface area (Å²) < 4.78 is 36.3. The summed E-state index contributed by atoms with van der Waals surface area (Å²) in [7, 11) is -1.15. The minimum absolute atomic E-state index is 0.115. The van der Waals surface area contributed by atoms with Gasteiger partial charge in [0.1, 0.15) is 18.7 Å². The molecule has 0 aliphatic carbocycles. The fourth-order valence-corrected chi connectivity index (χ4v) is 5.00. The molecule has 6 nitrogen and oxygen atoms in total. The van der Waals surface area contributed by atoms with E-state index in [0.717, 1.165) is 51.1 Å². The molecule has 0 radical (unpaired) electrons. The van der Waals surface area contributed by atoms with E-state index in [1.54, 1.807) is 10.9 Å². The largest absolute Gasteiger partial charge is 0.361 e. The number of hydrogen-bond acceptors (Lipinski definition) is 4. The zero-order chi connectivity index (χ0) is 25.0. The maximum absolute atomic E-state index is 12.9. The Morgan fingerprint density at radius 3 is 2.77 bits per heavy atom. The molecule has 0 spiro atoms. The minimum Gasteiger partial charge on any atom is -0.361 e. The van der Waals surface area contributed by atoms with Crippen LogP contribution in [-0.2, 0) is 11.5 Å². The van der Waals surface area contributed by atoms with Gasteiger partial charge in [-0.25, -0.2) is 9.97 Å². The van der Waals surface area contributed by atoms with Crippen LogP contribution < -0.4 is 0 Å². The zero-order valence-electron chi connectivity index (χ0n) is 20.0. The Morgan fingerprint density at radius 2 is 2.03 bits per heavy atom. The van der Waals surface area contributed by atoms with Crippen LogP contribution in [0.5, 0.6) is 0 Å². The fourth-order valence-electron chi connectivity index (χ4n) is 3.82. The molecule has 4 rings (SSSR count). The molecule has 0 saturated carbocycles. The van der Waals surface area contributed by atoms with E-state index in [0.29, 0.717) is 6.73 Å². The van der Waals surface area contributed by atoms with E-state index in [4.69, 9.17) is 4.74 Å². The van der Waals surface area contributed by atoms with Gasteiger partial charge in [-0.2, -0.15) is 13.9 Å². The lowest BCUT2D eigenvalue weighted by Gasteiger charge is -2.16. The highest BCUT2D eigenvalue weighted by Gasteiger charge is 2.18. The molecule has 1 unspecified atom stereocenters. The molecule has 0 aliphatic rings. The molecule has 1 aromatic carbocycles. The van der Waals surface area contributed by atoms with Crippen molar-refractivity contribution in [1.29, 1.82) is 0 Å². The summed E-state index contributed by atoms with van der Waals surface area (Å²) in [5.41, 5.74) is 3.18. The van der Waals surface area contributed by atoms with Crippen LogP contribution >= 0.6 is 15.9 Å². The Labute approximate surface area is 212 Å². The number of halogens is 3. The number of rotatable bonds is 10. The third-order valence-corrected chi connectivity index (χ3v) is 7.90. The normalized spacial score (nSPS) is 12.7. The second kappa shape index (κ2) is 10.9. The summed E-state index contributed by atoms with van der Waals surface area (Å²) in [5.74, 6) is 0. The standard InChI is InChI=1S/C25H28BrF2N5OSi/c1-35(2,3)12-11-34-17-32-10-9-21-24(29-16-30-25(21)32)19-14-31-33(15-19)22(7-8-23(27)28)18-5-4-6-20(26)13-18/h4-6,8-10,13-16,22H,7,11-12,17H2,1-3H3. The first-order valence-electron chi connectivity index (χ1n) is 11.4. The van der Waals surface area contributed by atoms with Gasteiger partial charge in [-0.15, -0.1) is 0 Å². The Hall–Kier alpha value is -2.69. The van der Waals surface area contributed by atoms with Gasteiger partial charge in [0.25, 0.3) is 6.08 Å². The van der Waals surface area contributed by atoms with E-state index in [1.807, 2.05) is 47.3 Å². The van der Waals surface area contributed by atoms with Crippen molar-refractivity contribution in [2.24, 2.45) is 0 Å². The van der Waals surface area contributed by atoms with Crippen LogP contribution in [0, 0.1) is 0 Å². The SMILES string of the molecule is C[Si](C)(C)CCOCn1ccc2c(-c3cnn(C(CC=C(F)F)c4cccc(Br)c4)c3)ncnc21. The highest BCUT2D eigenvalue weighted by atomic mass is 79.9. The first kappa shape index (κ1) is 25.4. The molecule has 0 saturated heterocycles. The van der Waals surface area contributed by atoms with Gasteiger partial charge in [-0.1, -0.05) is 47.7 Å². The van der Waals surface area contributed by atoms with Gasteiger partial charge in [0.05, 0.1) is 17.9 Å². The number of hydrogen-bond donors (Lipinski definition) is 0. The molecule has 3 heterocycles. The van der Waals surface area contributed by atoms with Crippen LogP contribution in [0.2, 0.25) is 25.7 Å². The monoisotopic (exact) mass is 559 g/mol. The van der Waals surface area contributed by atoms with E-state index in [1.165, 1.54) is 6.33 Å². The Morgan fingerprint density at radius 1 is 1.20 bits per heavy atom. The topological polar surface area (TPSA) is 57.8 Å². The van der Waals surface area contributed by atoms with E-state index < -0.39 is 14.2 Å². The smallest absolute Gasteiger partial charge is 0.266 e. The quantitative estimate of drug-likeness (QED) is 0.153. The Bertz CT molecular complexity index is 1330. The lowest BCUT2D eigenvalue weighted by Crippen LogP contribution is -2.22. The molecule has 184 valence electrons. The Balaban J connectivity index is 1.60. The van der Waals surface area contributed by atoms with Crippen molar-refractivity contribution in [2.45, 2.75) is 44.9 Å². The van der Waals surface area contributed by atoms with Crippen molar-refractivity contribution >= 4 is 35.0 Å². The molecule has 0 bridgehead atoms. The number of aromatic nitrogens is 5. The molecule has 35 heavy (non-hydrogen) atoms. The lowest BCUT2D eigenvalue weighted by atomic mass is 10.0. The predicted octanol–water partition coefficient (Wildman–Crippen LogP) is 7.13. The molecule has 0 N–H and O–H groups in total. The summed E-state index contributed by atoms with van der Waals surface area (Å²) >= 11 is 3.47. The number of nitrogens with zero attached hydrogens (tertiary/aromatic N) is 5. The van der Waals surface area contributed by atoms with Crippen LogP contribution in [0.3, 0.4) is 0 Å². The van der Waals surface area contributed by atoms with Gasteiger partial charge in [-0.3, -0.25) is 4.68 Å². The van der Waals surface area contributed by atoms with E-state index in [-0.39, 0.29) is 12.5 Å². The number of fused-ring (bicyclic) bond motifs is 1. The van der Waals surface area contributed by atoms with Crippen molar-refractivity contribution in [3.63, 3.8) is 0 Å². The van der Waals surface area contributed by atoms with Crippen LogP contribution in [-0.4, -0.2) is 39.0 Å². The van der Waals surface area contributed by atoms with Gasteiger partial charge in [0.15, 0.2) is 0 Å². The highest BCUT2D eigenvalue weighted by molar-refractivity contribution is 9.10. The highest BCUT2D eigenvalue weighted by Crippen LogP contribution is 2.30. The van der Waals surface area contributed by atoms with Gasteiger partial charge in [-0.05, 0) is 42.3 Å². The van der Waals surface area contributed by atoms with Crippen molar-refractivity contribution < 1.29 is 13.5 Å². The van der Waals surface area contributed by atoms with Gasteiger partial charge in [0.2, 0.25) is 0 Å². The summed E-state index contributed by atoms with van der Waals surface area (Å²) in [6.07, 6.45) is 6.37. The average molecular weight is 561 g/mol. The second-order valence-corrected chi connectivity index (χ2v) is 16.1.